The number of aromatic nitrogens is 1. The summed E-state index contributed by atoms with van der Waals surface area (Å²) < 4.78 is 0. The van der Waals surface area contributed by atoms with Gasteiger partial charge < -0.3 is 5.11 Å². The summed E-state index contributed by atoms with van der Waals surface area (Å²) in [5.41, 5.74) is 4.32. The molecule has 1 rings (SSSR count). The van der Waals surface area contributed by atoms with E-state index in [0.29, 0.717) is 0 Å². The van der Waals surface area contributed by atoms with Gasteiger partial charge in [-0.15, -0.1) is 0 Å². The van der Waals surface area contributed by atoms with E-state index in [2.05, 4.69) is 24.9 Å². The van der Waals surface area contributed by atoms with Gasteiger partial charge in [0, 0.05) is 17.0 Å². The zero-order chi connectivity index (χ0) is 9.84. The average Bonchev–Trinajstić information content (AvgIpc) is 2.16. The molecule has 0 aliphatic carbocycles. The van der Waals surface area contributed by atoms with Gasteiger partial charge in [-0.3, -0.25) is 4.98 Å². The summed E-state index contributed by atoms with van der Waals surface area (Å²) in [7, 11) is 0. The third kappa shape index (κ3) is 2.07. The quantitative estimate of drug-likeness (QED) is 0.770. The van der Waals surface area contributed by atoms with Crippen LogP contribution in [0.2, 0.25) is 0 Å². The molecule has 0 aliphatic heterocycles. The van der Waals surface area contributed by atoms with Crippen LogP contribution in [-0.4, -0.2) is 10.1 Å². The predicted octanol–water partition coefficient (Wildman–Crippen LogP) is 2.01. The van der Waals surface area contributed by atoms with Crippen molar-refractivity contribution in [3.63, 3.8) is 0 Å². The van der Waals surface area contributed by atoms with E-state index in [1.807, 2.05) is 6.92 Å². The van der Waals surface area contributed by atoms with Gasteiger partial charge in [0.05, 0.1) is 6.61 Å². The fourth-order valence-corrected chi connectivity index (χ4v) is 1.55. The lowest BCUT2D eigenvalue weighted by atomic mass is 10.0. The Morgan fingerprint density at radius 3 is 2.46 bits per heavy atom. The number of aryl methyl sites for hydroxylation is 3. The average molecular weight is 179 g/mol. The van der Waals surface area contributed by atoms with Gasteiger partial charge in [0.25, 0.3) is 0 Å². The summed E-state index contributed by atoms with van der Waals surface area (Å²) in [6, 6.07) is 2.10. The fourth-order valence-electron chi connectivity index (χ4n) is 1.55. The number of pyridine rings is 1. The van der Waals surface area contributed by atoms with E-state index >= 15 is 0 Å². The lowest BCUT2D eigenvalue weighted by Gasteiger charge is -2.10. The van der Waals surface area contributed by atoms with Crippen molar-refractivity contribution in [3.05, 3.63) is 28.6 Å². The van der Waals surface area contributed by atoms with Crippen molar-refractivity contribution in [1.82, 2.24) is 4.98 Å². The van der Waals surface area contributed by atoms with Gasteiger partial charge in [0.15, 0.2) is 0 Å². The second kappa shape index (κ2) is 4.38. The third-order valence-corrected chi connectivity index (χ3v) is 2.38. The maximum atomic E-state index is 9.15. The second-order valence-electron chi connectivity index (χ2n) is 3.20. The number of nitrogens with zero attached hydrogens (tertiary/aromatic N) is 1. The lowest BCUT2D eigenvalue weighted by Crippen LogP contribution is -2.02. The number of rotatable bonds is 3. The highest BCUT2D eigenvalue weighted by molar-refractivity contribution is 5.31. The summed E-state index contributed by atoms with van der Waals surface area (Å²) in [5.74, 6) is 0. The Hall–Kier alpha value is -0.890. The molecule has 0 aliphatic rings. The molecular formula is C11H17NO. The van der Waals surface area contributed by atoms with Gasteiger partial charge in [-0.25, -0.2) is 0 Å². The smallest absolute Gasteiger partial charge is 0.0702 e. The lowest BCUT2D eigenvalue weighted by molar-refractivity contribution is 0.279. The molecule has 0 spiro atoms. The molecule has 0 atom stereocenters. The van der Waals surface area contributed by atoms with Crippen LogP contribution in [0.1, 0.15) is 36.4 Å². The van der Waals surface area contributed by atoms with E-state index in [-0.39, 0.29) is 6.61 Å². The molecule has 0 saturated carbocycles. The first-order valence-electron chi connectivity index (χ1n) is 4.82. The molecule has 0 unspecified atom stereocenters. The van der Waals surface area contributed by atoms with Crippen molar-refractivity contribution in [2.75, 3.05) is 0 Å². The van der Waals surface area contributed by atoms with Crippen LogP contribution in [0.25, 0.3) is 0 Å². The molecule has 2 nitrogen and oxygen atoms in total. The third-order valence-electron chi connectivity index (χ3n) is 2.38. The van der Waals surface area contributed by atoms with Crippen molar-refractivity contribution in [3.8, 4) is 0 Å². The minimum absolute atomic E-state index is 0.103. The monoisotopic (exact) mass is 179 g/mol. The zero-order valence-electron chi connectivity index (χ0n) is 8.59. The highest BCUT2D eigenvalue weighted by atomic mass is 16.3. The molecule has 2 heteroatoms. The summed E-state index contributed by atoms with van der Waals surface area (Å²) in [6.45, 7) is 6.27. The van der Waals surface area contributed by atoms with Crippen LogP contribution in [0.5, 0.6) is 0 Å². The number of hydrogen-bond donors (Lipinski definition) is 1. The molecular weight excluding hydrogens is 162 g/mol. The first-order chi connectivity index (χ1) is 6.22. The molecule has 0 aromatic carbocycles. The zero-order valence-corrected chi connectivity index (χ0v) is 8.59. The molecule has 0 fully saturated rings. The van der Waals surface area contributed by atoms with Crippen LogP contribution in [0.4, 0.5) is 0 Å². The number of hydrogen-bond acceptors (Lipinski definition) is 2. The SMILES string of the molecule is CCc1cc(CC)c(CO)c(C)n1. The molecule has 0 bridgehead atoms. The molecule has 13 heavy (non-hydrogen) atoms. The van der Waals surface area contributed by atoms with E-state index in [4.69, 9.17) is 5.11 Å². The Kier molecular flexibility index (Phi) is 3.43. The normalized spacial score (nSPS) is 10.5. The molecule has 0 saturated heterocycles. The van der Waals surface area contributed by atoms with Crippen LogP contribution < -0.4 is 0 Å². The molecule has 1 heterocycles. The second-order valence-corrected chi connectivity index (χ2v) is 3.20. The highest BCUT2D eigenvalue weighted by Gasteiger charge is 2.06. The van der Waals surface area contributed by atoms with Gasteiger partial charge in [0.1, 0.15) is 0 Å². The minimum atomic E-state index is 0.103. The molecule has 72 valence electrons. The summed E-state index contributed by atoms with van der Waals surface area (Å²) >= 11 is 0. The largest absolute Gasteiger partial charge is 0.392 e. The van der Waals surface area contributed by atoms with Crippen LogP contribution >= 0.6 is 0 Å². The molecule has 1 aromatic rings. The Labute approximate surface area is 79.6 Å². The van der Waals surface area contributed by atoms with Crippen LogP contribution in [0, 0.1) is 6.92 Å². The van der Waals surface area contributed by atoms with E-state index < -0.39 is 0 Å². The molecule has 1 N–H and O–H groups in total. The predicted molar refractivity (Wildman–Crippen MR) is 53.7 cm³/mol. The van der Waals surface area contributed by atoms with Crippen molar-refractivity contribution >= 4 is 0 Å². The number of aliphatic hydroxyl groups excluding tert-OH is 1. The fraction of sp³-hybridized carbons (Fsp3) is 0.545. The topological polar surface area (TPSA) is 33.1 Å². The van der Waals surface area contributed by atoms with Gasteiger partial charge in [-0.05, 0) is 31.4 Å². The van der Waals surface area contributed by atoms with Crippen molar-refractivity contribution in [1.29, 1.82) is 0 Å². The van der Waals surface area contributed by atoms with Gasteiger partial charge in [-0.2, -0.15) is 0 Å². The molecule has 1 aromatic heterocycles. The van der Waals surface area contributed by atoms with E-state index in [1.54, 1.807) is 0 Å². The van der Waals surface area contributed by atoms with Crippen LogP contribution in [0.3, 0.4) is 0 Å². The van der Waals surface area contributed by atoms with Crippen LogP contribution in [0.15, 0.2) is 6.07 Å². The van der Waals surface area contributed by atoms with E-state index in [9.17, 15) is 0 Å². The number of aliphatic hydroxyl groups is 1. The molecule has 0 amide bonds. The maximum absolute atomic E-state index is 9.15. The molecule has 0 radical (unpaired) electrons. The summed E-state index contributed by atoms with van der Waals surface area (Å²) in [5, 5.41) is 9.15. The Balaban J connectivity index is 3.20. The van der Waals surface area contributed by atoms with Crippen LogP contribution in [-0.2, 0) is 19.4 Å². The van der Waals surface area contributed by atoms with E-state index in [1.165, 1.54) is 5.56 Å². The van der Waals surface area contributed by atoms with Gasteiger partial charge in [-0.1, -0.05) is 13.8 Å². The summed E-state index contributed by atoms with van der Waals surface area (Å²) in [6.07, 6.45) is 1.92. The highest BCUT2D eigenvalue weighted by Crippen LogP contribution is 2.15. The standard InChI is InChI=1S/C11H17NO/c1-4-9-6-10(5-2)12-8(3)11(9)7-13/h6,13H,4-5,7H2,1-3H3. The van der Waals surface area contributed by atoms with Crippen molar-refractivity contribution in [2.45, 2.75) is 40.2 Å². The van der Waals surface area contributed by atoms with Crippen molar-refractivity contribution < 1.29 is 5.11 Å². The first kappa shape index (κ1) is 10.2. The van der Waals surface area contributed by atoms with Crippen molar-refractivity contribution in [2.24, 2.45) is 0 Å². The summed E-state index contributed by atoms with van der Waals surface area (Å²) in [4.78, 5) is 4.41. The Morgan fingerprint density at radius 2 is 2.00 bits per heavy atom. The van der Waals surface area contributed by atoms with Gasteiger partial charge in [0.2, 0.25) is 0 Å². The van der Waals surface area contributed by atoms with Gasteiger partial charge >= 0.3 is 0 Å². The Bertz CT molecular complexity index is 294. The minimum Gasteiger partial charge on any atom is -0.392 e. The first-order valence-corrected chi connectivity index (χ1v) is 4.82. The maximum Gasteiger partial charge on any atom is 0.0702 e. The Morgan fingerprint density at radius 1 is 1.31 bits per heavy atom. The van der Waals surface area contributed by atoms with E-state index in [0.717, 1.165) is 29.8 Å².